The summed E-state index contributed by atoms with van der Waals surface area (Å²) in [6, 6.07) is 18.0. The van der Waals surface area contributed by atoms with Crippen molar-refractivity contribution in [1.29, 1.82) is 10.5 Å². The first-order valence-electron chi connectivity index (χ1n) is 15.7. The fourth-order valence-corrected chi connectivity index (χ4v) is 8.98. The second kappa shape index (κ2) is 11.1. The molecule has 4 nitrogen and oxygen atoms in total. The molecule has 0 saturated carbocycles. The smallest absolute Gasteiger partial charge is 0.129 e. The van der Waals surface area contributed by atoms with Crippen LogP contribution in [0.25, 0.3) is 5.57 Å². The van der Waals surface area contributed by atoms with E-state index in [-0.39, 0.29) is 16.2 Å². The molecule has 5 heteroatoms. The number of anilines is 2. The Hall–Kier alpha value is -4.19. The molecule has 2 aromatic carbocycles. The van der Waals surface area contributed by atoms with Gasteiger partial charge in [-0.3, -0.25) is 0 Å². The number of hydrogen-bond donors (Lipinski definition) is 0. The zero-order chi connectivity index (χ0) is 30.6. The molecule has 0 saturated heterocycles. The summed E-state index contributed by atoms with van der Waals surface area (Å²) in [5.41, 5.74) is 13.3. The molecule has 220 valence electrons. The van der Waals surface area contributed by atoms with Crippen molar-refractivity contribution in [2.75, 3.05) is 11.5 Å². The maximum atomic E-state index is 9.28. The third-order valence-corrected chi connectivity index (χ3v) is 11.3. The first kappa shape index (κ1) is 28.6. The van der Waals surface area contributed by atoms with Crippen molar-refractivity contribution in [3.05, 3.63) is 122 Å². The van der Waals surface area contributed by atoms with Crippen LogP contribution in [0.1, 0.15) is 68.2 Å². The first-order chi connectivity index (χ1) is 21.3. The van der Waals surface area contributed by atoms with Crippen molar-refractivity contribution in [3.8, 4) is 12.1 Å². The van der Waals surface area contributed by atoms with E-state index in [1.807, 2.05) is 23.9 Å². The molecule has 3 aliphatic carbocycles. The number of benzene rings is 2. The van der Waals surface area contributed by atoms with E-state index in [9.17, 15) is 10.5 Å². The quantitative estimate of drug-likeness (QED) is 0.329. The Morgan fingerprint density at radius 2 is 1.82 bits per heavy atom. The van der Waals surface area contributed by atoms with Crippen LogP contribution in [0.2, 0.25) is 0 Å². The highest BCUT2D eigenvalue weighted by atomic mass is 32.2. The van der Waals surface area contributed by atoms with E-state index in [0.29, 0.717) is 18.9 Å². The summed E-state index contributed by atoms with van der Waals surface area (Å²) < 4.78 is 6.35. The third kappa shape index (κ3) is 4.75. The van der Waals surface area contributed by atoms with E-state index < -0.39 is 0 Å². The number of allylic oxidation sites excluding steroid dienone is 9. The number of rotatable bonds is 4. The van der Waals surface area contributed by atoms with Crippen molar-refractivity contribution in [1.82, 2.24) is 0 Å². The number of aryl methyl sites for hydroxylation is 2. The molecule has 2 aromatic rings. The lowest BCUT2D eigenvalue weighted by atomic mass is 9.80. The van der Waals surface area contributed by atoms with Crippen LogP contribution in [0.4, 0.5) is 11.4 Å². The molecule has 0 spiro atoms. The Morgan fingerprint density at radius 3 is 2.61 bits per heavy atom. The number of nitriles is 2. The van der Waals surface area contributed by atoms with Gasteiger partial charge in [0, 0.05) is 45.0 Å². The van der Waals surface area contributed by atoms with E-state index in [1.54, 1.807) is 6.08 Å². The molecule has 0 radical (unpaired) electrons. The molecule has 0 N–H and O–H groups in total. The molecular weight excluding hydrogens is 559 g/mol. The maximum Gasteiger partial charge on any atom is 0.129 e. The monoisotopic (exact) mass is 595 g/mol. The lowest BCUT2D eigenvalue weighted by molar-refractivity contribution is 0.180. The average molecular weight is 596 g/mol. The highest BCUT2D eigenvalue weighted by Crippen LogP contribution is 2.53. The number of thioether (sulfide) groups is 1. The summed E-state index contributed by atoms with van der Waals surface area (Å²) in [5.74, 6) is 1.41. The molecule has 0 fully saturated rings. The molecule has 2 unspecified atom stereocenters. The highest BCUT2D eigenvalue weighted by Gasteiger charge is 2.41. The van der Waals surface area contributed by atoms with Gasteiger partial charge in [0.05, 0.1) is 6.61 Å². The van der Waals surface area contributed by atoms with Gasteiger partial charge in [-0.25, -0.2) is 0 Å². The van der Waals surface area contributed by atoms with E-state index in [1.165, 1.54) is 50.5 Å². The number of nitrogens with zero attached hydrogens (tertiary/aromatic N) is 3. The Morgan fingerprint density at radius 1 is 1.02 bits per heavy atom. The Balaban J connectivity index is 1.27. The fraction of sp³-hybridized carbons (Fsp3) is 0.333. The topological polar surface area (TPSA) is 60.0 Å². The van der Waals surface area contributed by atoms with Gasteiger partial charge in [-0.1, -0.05) is 44.2 Å². The summed E-state index contributed by atoms with van der Waals surface area (Å²) >= 11 is 1.85. The van der Waals surface area contributed by atoms with Gasteiger partial charge in [0.1, 0.15) is 23.5 Å². The van der Waals surface area contributed by atoms with Crippen LogP contribution in [-0.4, -0.2) is 11.9 Å². The highest BCUT2D eigenvalue weighted by molar-refractivity contribution is 8.04. The van der Waals surface area contributed by atoms with Gasteiger partial charge < -0.3 is 9.64 Å². The Bertz CT molecular complexity index is 1840. The SMILES string of the molecule is Cc1ccc(N(C2=CC3SC4=C(OCCC(C=C(C#N)C#N)=C4)C3CC2)c2ccc3c(c2)C(C)(C)C2=C3CCC=C2)cc1C. The summed E-state index contributed by atoms with van der Waals surface area (Å²) in [6.45, 7) is 9.69. The molecule has 2 heterocycles. The predicted molar refractivity (Wildman–Crippen MR) is 180 cm³/mol. The largest absolute Gasteiger partial charge is 0.496 e. The number of hydrogen-bond acceptors (Lipinski definition) is 5. The zero-order valence-electron chi connectivity index (χ0n) is 25.9. The Labute approximate surface area is 265 Å². The fourth-order valence-electron chi connectivity index (χ4n) is 7.49. The minimum absolute atomic E-state index is 0.0198. The van der Waals surface area contributed by atoms with Gasteiger partial charge in [-0.05, 0) is 115 Å². The lowest BCUT2D eigenvalue weighted by Gasteiger charge is -2.35. The van der Waals surface area contributed by atoms with E-state index in [2.05, 4.69) is 93.3 Å². The van der Waals surface area contributed by atoms with Crippen molar-refractivity contribution in [2.45, 2.75) is 70.5 Å². The zero-order valence-corrected chi connectivity index (χ0v) is 26.7. The standard InChI is InChI=1S/C39H37N3OS/c1-24-9-10-28(17-25(24)2)42(29-11-13-32-31-7-5-6-8-34(31)39(3,4)35(32)20-29)30-12-14-33-36(21-30)44-37-19-26(15-16-43-38(33)37)18-27(22-40)23-41/h6,8-11,13,17-21,33,36H,5,7,12,14-16H2,1-4H3. The van der Waals surface area contributed by atoms with Gasteiger partial charge in [0.2, 0.25) is 0 Å². The average Bonchev–Trinajstić information content (AvgIpc) is 3.38. The van der Waals surface area contributed by atoms with E-state index in [4.69, 9.17) is 4.74 Å². The van der Waals surface area contributed by atoms with Gasteiger partial charge in [-0.15, -0.1) is 11.8 Å². The minimum Gasteiger partial charge on any atom is -0.496 e. The maximum absolute atomic E-state index is 9.28. The molecule has 2 aliphatic heterocycles. The molecule has 5 aliphatic rings. The van der Waals surface area contributed by atoms with Crippen molar-refractivity contribution in [2.24, 2.45) is 5.92 Å². The van der Waals surface area contributed by atoms with Gasteiger partial charge in [0.15, 0.2) is 0 Å². The molecule has 0 amide bonds. The lowest BCUT2D eigenvalue weighted by Crippen LogP contribution is -2.26. The molecule has 2 atom stereocenters. The third-order valence-electron chi connectivity index (χ3n) is 9.98. The summed E-state index contributed by atoms with van der Waals surface area (Å²) in [5, 5.41) is 18.8. The molecule has 0 aromatic heterocycles. The molecule has 7 rings (SSSR count). The van der Waals surface area contributed by atoms with Gasteiger partial charge >= 0.3 is 0 Å². The summed E-state index contributed by atoms with van der Waals surface area (Å²) in [6.07, 6.45) is 15.9. The number of fused-ring (bicyclic) bond motifs is 4. The summed E-state index contributed by atoms with van der Waals surface area (Å²) in [4.78, 5) is 3.63. The summed E-state index contributed by atoms with van der Waals surface area (Å²) in [7, 11) is 0. The van der Waals surface area contributed by atoms with Crippen LogP contribution < -0.4 is 4.90 Å². The minimum atomic E-state index is -0.0198. The van der Waals surface area contributed by atoms with Crippen molar-refractivity contribution < 1.29 is 4.74 Å². The molecule has 0 bridgehead atoms. The van der Waals surface area contributed by atoms with E-state index >= 15 is 0 Å². The predicted octanol–water partition coefficient (Wildman–Crippen LogP) is 9.78. The molecular formula is C39H37N3OS. The Kier molecular flexibility index (Phi) is 7.19. The second-order valence-corrected chi connectivity index (χ2v) is 14.2. The number of ether oxygens (including phenoxy) is 1. The molecule has 44 heavy (non-hydrogen) atoms. The second-order valence-electron chi connectivity index (χ2n) is 13.0. The van der Waals surface area contributed by atoms with E-state index in [0.717, 1.165) is 41.9 Å². The van der Waals surface area contributed by atoms with Crippen LogP contribution in [-0.2, 0) is 10.2 Å². The van der Waals surface area contributed by atoms with Gasteiger partial charge in [0.25, 0.3) is 0 Å². The van der Waals surface area contributed by atoms with Crippen LogP contribution in [0, 0.1) is 42.4 Å². The van der Waals surface area contributed by atoms with Gasteiger partial charge in [-0.2, -0.15) is 10.5 Å². The first-order valence-corrected chi connectivity index (χ1v) is 16.6. The van der Waals surface area contributed by atoms with Crippen LogP contribution in [0.15, 0.2) is 99.9 Å². The van der Waals surface area contributed by atoms with Crippen molar-refractivity contribution >= 4 is 28.7 Å². The van der Waals surface area contributed by atoms with Crippen LogP contribution >= 0.6 is 11.8 Å². The van der Waals surface area contributed by atoms with Crippen LogP contribution in [0.5, 0.6) is 0 Å². The normalized spacial score (nSPS) is 22.7. The van der Waals surface area contributed by atoms with Crippen molar-refractivity contribution in [3.63, 3.8) is 0 Å². The van der Waals surface area contributed by atoms with Crippen LogP contribution in [0.3, 0.4) is 0 Å².